The number of ether oxygens (including phenoxy) is 3. The normalized spacial score (nSPS) is 10.2. The van der Waals surface area contributed by atoms with E-state index in [9.17, 15) is 14.9 Å². The quantitative estimate of drug-likeness (QED) is 0.515. The van der Waals surface area contributed by atoms with Gasteiger partial charge in [0, 0.05) is 6.42 Å². The Kier molecular flexibility index (Phi) is 7.43. The van der Waals surface area contributed by atoms with E-state index in [1.165, 1.54) is 25.1 Å². The first-order valence-electron chi connectivity index (χ1n) is 9.76. The summed E-state index contributed by atoms with van der Waals surface area (Å²) in [6.45, 7) is -0.487. The van der Waals surface area contributed by atoms with Crippen LogP contribution in [0.5, 0.6) is 11.5 Å². The van der Waals surface area contributed by atoms with E-state index in [1.54, 1.807) is 24.3 Å². The van der Waals surface area contributed by atoms with Gasteiger partial charge in [0.25, 0.3) is 5.91 Å². The number of carbonyl (C=O) groups excluding carboxylic acids is 2. The number of carbonyl (C=O) groups is 2. The molecule has 32 heavy (non-hydrogen) atoms. The zero-order chi connectivity index (χ0) is 22.9. The van der Waals surface area contributed by atoms with Gasteiger partial charge in [0.2, 0.25) is 0 Å². The molecular weight excluding hydrogens is 412 g/mol. The monoisotopic (exact) mass is 434 g/mol. The van der Waals surface area contributed by atoms with Crippen LogP contribution >= 0.6 is 0 Å². The molecule has 0 saturated carbocycles. The van der Waals surface area contributed by atoms with Crippen LogP contribution in [0.3, 0.4) is 0 Å². The molecule has 2 aromatic carbocycles. The zero-order valence-corrected chi connectivity index (χ0v) is 17.7. The Hall–Kier alpha value is -4.32. The predicted octanol–water partition coefficient (Wildman–Crippen LogP) is 2.88. The molecule has 0 atom stereocenters. The van der Waals surface area contributed by atoms with Gasteiger partial charge in [-0.2, -0.15) is 10.4 Å². The van der Waals surface area contributed by atoms with Crippen LogP contribution in [0, 0.1) is 11.3 Å². The minimum absolute atomic E-state index is 0.0577. The number of esters is 1. The number of nitrogens with one attached hydrogen (secondary N) is 1. The lowest BCUT2D eigenvalue weighted by Gasteiger charge is -2.12. The molecule has 3 aromatic rings. The van der Waals surface area contributed by atoms with Gasteiger partial charge in [-0.05, 0) is 30.2 Å². The molecule has 0 aliphatic carbocycles. The molecule has 9 heteroatoms. The number of hydrogen-bond donors (Lipinski definition) is 1. The number of nitrogens with zero attached hydrogens (tertiary/aromatic N) is 3. The first kappa shape index (κ1) is 22.4. The van der Waals surface area contributed by atoms with Gasteiger partial charge in [-0.15, -0.1) is 0 Å². The summed E-state index contributed by atoms with van der Waals surface area (Å²) in [5.74, 6) is 0.217. The highest BCUT2D eigenvalue weighted by Crippen LogP contribution is 2.31. The van der Waals surface area contributed by atoms with E-state index in [4.69, 9.17) is 14.2 Å². The summed E-state index contributed by atoms with van der Waals surface area (Å²) in [7, 11) is 3.07. The van der Waals surface area contributed by atoms with Gasteiger partial charge >= 0.3 is 5.97 Å². The maximum absolute atomic E-state index is 12.3. The van der Waals surface area contributed by atoms with Crippen molar-refractivity contribution in [3.05, 3.63) is 65.9 Å². The number of hydrogen-bond acceptors (Lipinski definition) is 7. The van der Waals surface area contributed by atoms with Crippen LogP contribution in [0.15, 0.2) is 54.7 Å². The van der Waals surface area contributed by atoms with Gasteiger partial charge in [-0.25, -0.2) is 4.68 Å². The maximum Gasteiger partial charge on any atom is 0.306 e. The van der Waals surface area contributed by atoms with Crippen LogP contribution in [0.4, 0.5) is 5.82 Å². The van der Waals surface area contributed by atoms with Crippen LogP contribution in [-0.4, -0.2) is 42.5 Å². The van der Waals surface area contributed by atoms with Crippen molar-refractivity contribution >= 4 is 17.7 Å². The number of anilines is 1. The van der Waals surface area contributed by atoms with Crippen LogP contribution in [0.2, 0.25) is 0 Å². The average molecular weight is 434 g/mol. The standard InChI is InChI=1S/C23H22N4O5/c1-30-19-10-6-7-16(22(19)31-2)11-12-21(29)32-15-20(28)26-23-17(13-24)14-25-27(23)18-8-4-3-5-9-18/h3-10,14H,11-12,15H2,1-2H3,(H,26,28). The van der Waals surface area contributed by atoms with E-state index in [-0.39, 0.29) is 17.8 Å². The fourth-order valence-electron chi connectivity index (χ4n) is 3.09. The highest BCUT2D eigenvalue weighted by atomic mass is 16.5. The number of aromatic nitrogens is 2. The lowest BCUT2D eigenvalue weighted by molar-refractivity contribution is -0.147. The molecule has 1 amide bonds. The number of para-hydroxylation sites is 2. The van der Waals surface area contributed by atoms with Crippen molar-refractivity contribution in [3.8, 4) is 23.3 Å². The first-order chi connectivity index (χ1) is 15.6. The molecule has 164 valence electrons. The third-order valence-electron chi connectivity index (χ3n) is 4.60. The van der Waals surface area contributed by atoms with Gasteiger partial charge < -0.3 is 19.5 Å². The van der Waals surface area contributed by atoms with Crippen LogP contribution in [-0.2, 0) is 20.7 Å². The summed E-state index contributed by atoms with van der Waals surface area (Å²) < 4.78 is 17.1. The summed E-state index contributed by atoms with van der Waals surface area (Å²) in [5.41, 5.74) is 1.66. The minimum Gasteiger partial charge on any atom is -0.493 e. The molecule has 0 aliphatic rings. The number of nitriles is 1. The lowest BCUT2D eigenvalue weighted by atomic mass is 10.1. The molecule has 3 rings (SSSR count). The molecule has 0 unspecified atom stereocenters. The fourth-order valence-corrected chi connectivity index (χ4v) is 3.09. The third-order valence-corrected chi connectivity index (χ3v) is 4.60. The van der Waals surface area contributed by atoms with Crippen LogP contribution in [0.25, 0.3) is 5.69 Å². The van der Waals surface area contributed by atoms with Gasteiger partial charge in [-0.3, -0.25) is 9.59 Å². The van der Waals surface area contributed by atoms with Crippen molar-refractivity contribution < 1.29 is 23.8 Å². The SMILES string of the molecule is COc1cccc(CCC(=O)OCC(=O)Nc2c(C#N)cnn2-c2ccccc2)c1OC. The summed E-state index contributed by atoms with van der Waals surface area (Å²) in [6.07, 6.45) is 1.78. The summed E-state index contributed by atoms with van der Waals surface area (Å²) >= 11 is 0. The van der Waals surface area contributed by atoms with Crippen molar-refractivity contribution in [2.45, 2.75) is 12.8 Å². The van der Waals surface area contributed by atoms with E-state index >= 15 is 0 Å². The van der Waals surface area contributed by atoms with Gasteiger partial charge in [0.05, 0.1) is 26.1 Å². The molecule has 1 N–H and O–H groups in total. The second kappa shape index (κ2) is 10.6. The lowest BCUT2D eigenvalue weighted by Crippen LogP contribution is -2.23. The summed E-state index contributed by atoms with van der Waals surface area (Å²) in [6, 6.07) is 16.4. The highest BCUT2D eigenvalue weighted by molar-refractivity contribution is 5.93. The van der Waals surface area contributed by atoms with Gasteiger partial charge in [0.15, 0.2) is 23.9 Å². The average Bonchev–Trinajstić information content (AvgIpc) is 3.23. The van der Waals surface area contributed by atoms with E-state index in [0.29, 0.717) is 23.6 Å². The Morgan fingerprint density at radius 1 is 1.09 bits per heavy atom. The molecule has 0 saturated heterocycles. The molecule has 1 aromatic heterocycles. The van der Waals surface area contributed by atoms with Crippen LogP contribution < -0.4 is 14.8 Å². The maximum atomic E-state index is 12.3. The fraction of sp³-hybridized carbons (Fsp3) is 0.217. The van der Waals surface area contributed by atoms with Crippen molar-refractivity contribution in [2.24, 2.45) is 0 Å². The molecule has 0 fully saturated rings. The molecule has 0 radical (unpaired) electrons. The predicted molar refractivity (Wildman–Crippen MR) is 116 cm³/mol. The topological polar surface area (TPSA) is 115 Å². The van der Waals surface area contributed by atoms with Crippen molar-refractivity contribution in [1.29, 1.82) is 5.26 Å². The Balaban J connectivity index is 1.58. The van der Waals surface area contributed by atoms with E-state index < -0.39 is 18.5 Å². The minimum atomic E-state index is -0.577. The summed E-state index contributed by atoms with van der Waals surface area (Å²) in [5, 5.41) is 16.1. The van der Waals surface area contributed by atoms with E-state index in [0.717, 1.165) is 5.56 Å². The van der Waals surface area contributed by atoms with E-state index in [1.807, 2.05) is 30.3 Å². The van der Waals surface area contributed by atoms with Gasteiger partial charge in [0.1, 0.15) is 11.6 Å². The molecule has 0 aliphatic heterocycles. The van der Waals surface area contributed by atoms with Crippen LogP contribution in [0.1, 0.15) is 17.5 Å². The highest BCUT2D eigenvalue weighted by Gasteiger charge is 2.17. The smallest absolute Gasteiger partial charge is 0.306 e. The number of amides is 1. The molecule has 1 heterocycles. The number of aryl methyl sites for hydroxylation is 1. The first-order valence-corrected chi connectivity index (χ1v) is 9.76. The van der Waals surface area contributed by atoms with E-state index in [2.05, 4.69) is 10.4 Å². The molecular formula is C23H22N4O5. The number of methoxy groups -OCH3 is 2. The Morgan fingerprint density at radius 3 is 2.56 bits per heavy atom. The zero-order valence-electron chi connectivity index (χ0n) is 17.7. The van der Waals surface area contributed by atoms with Crippen molar-refractivity contribution in [3.63, 3.8) is 0 Å². The van der Waals surface area contributed by atoms with Crippen molar-refractivity contribution in [1.82, 2.24) is 9.78 Å². The Morgan fingerprint density at radius 2 is 1.88 bits per heavy atom. The number of benzene rings is 2. The Labute approximate surface area is 185 Å². The number of rotatable bonds is 9. The van der Waals surface area contributed by atoms with Crippen molar-refractivity contribution in [2.75, 3.05) is 26.1 Å². The largest absolute Gasteiger partial charge is 0.493 e. The molecule has 0 bridgehead atoms. The van der Waals surface area contributed by atoms with Gasteiger partial charge in [-0.1, -0.05) is 30.3 Å². The molecule has 0 spiro atoms. The second-order valence-corrected chi connectivity index (χ2v) is 6.63. The Bertz CT molecular complexity index is 1140. The second-order valence-electron chi connectivity index (χ2n) is 6.63. The molecule has 9 nitrogen and oxygen atoms in total. The summed E-state index contributed by atoms with van der Waals surface area (Å²) in [4.78, 5) is 24.5. The third kappa shape index (κ3) is 5.23.